The largest absolute Gasteiger partial charge is 0.494 e. The van der Waals surface area contributed by atoms with Gasteiger partial charge >= 0.3 is 0 Å². The van der Waals surface area contributed by atoms with Crippen LogP contribution in [0.3, 0.4) is 0 Å². The molecule has 0 radical (unpaired) electrons. The van der Waals surface area contributed by atoms with E-state index in [1.807, 2.05) is 29.2 Å². The molecule has 1 spiro atoms. The van der Waals surface area contributed by atoms with Gasteiger partial charge in [-0.25, -0.2) is 8.42 Å². The van der Waals surface area contributed by atoms with Gasteiger partial charge in [0.2, 0.25) is 15.9 Å². The van der Waals surface area contributed by atoms with Gasteiger partial charge in [0.05, 0.1) is 31.1 Å². The lowest BCUT2D eigenvalue weighted by atomic mass is 9.83. The van der Waals surface area contributed by atoms with Crippen LogP contribution >= 0.6 is 0 Å². The van der Waals surface area contributed by atoms with Gasteiger partial charge in [0.1, 0.15) is 5.75 Å². The zero-order valence-electron chi connectivity index (χ0n) is 17.8. The van der Waals surface area contributed by atoms with Gasteiger partial charge in [0, 0.05) is 25.3 Å². The average molecular weight is 440 g/mol. The van der Waals surface area contributed by atoms with E-state index >= 15 is 0 Å². The Balaban J connectivity index is 1.51. The van der Waals surface area contributed by atoms with Crippen LogP contribution in [0.5, 0.6) is 5.75 Å². The number of unbranched alkanes of at least 4 members (excludes halogenated alkanes) is 1. The zero-order chi connectivity index (χ0) is 21.8. The van der Waals surface area contributed by atoms with E-state index in [1.54, 1.807) is 0 Å². The number of aliphatic hydroxyl groups excluding tert-OH is 1. The minimum Gasteiger partial charge on any atom is -0.494 e. The quantitative estimate of drug-likeness (QED) is 0.598. The van der Waals surface area contributed by atoms with E-state index < -0.39 is 21.7 Å². The fourth-order valence-electron chi connectivity index (χ4n) is 4.49. The minimum absolute atomic E-state index is 0.154. The molecule has 8 nitrogen and oxygen atoms in total. The molecule has 0 unspecified atom stereocenters. The summed E-state index contributed by atoms with van der Waals surface area (Å²) in [4.78, 5) is 14.3. The second-order valence-corrected chi connectivity index (χ2v) is 10.2. The molecule has 2 atom stereocenters. The Morgan fingerprint density at radius 2 is 2.00 bits per heavy atom. The number of hydrogen-bond donors (Lipinski definition) is 2. The van der Waals surface area contributed by atoms with Crippen molar-refractivity contribution >= 4 is 21.6 Å². The maximum absolute atomic E-state index is 12.4. The third kappa shape index (κ3) is 5.32. The molecule has 3 rings (SSSR count). The summed E-state index contributed by atoms with van der Waals surface area (Å²) in [5.74, 6) is 0.613. The Hall–Kier alpha value is -1.68. The fourth-order valence-corrected chi connectivity index (χ4v) is 5.92. The van der Waals surface area contributed by atoms with E-state index in [9.17, 15) is 18.3 Å². The van der Waals surface area contributed by atoms with Crippen molar-refractivity contribution in [2.24, 2.45) is 0 Å². The SMILES string of the molecule is CCCCOc1ccc(NC(=O)CN2CC[C@@]3(CCCN3S(C)(=O)=O)[C@@H](O)C2)cc1. The van der Waals surface area contributed by atoms with Crippen molar-refractivity contribution in [2.75, 3.05) is 44.4 Å². The van der Waals surface area contributed by atoms with Crippen molar-refractivity contribution in [3.05, 3.63) is 24.3 Å². The van der Waals surface area contributed by atoms with Gasteiger partial charge in [-0.1, -0.05) is 13.3 Å². The number of β-amino-alcohol motifs (C(OH)–C–C–N with tert-alkyl or cyclic N) is 1. The van der Waals surface area contributed by atoms with Crippen LogP contribution in [0.1, 0.15) is 39.0 Å². The molecule has 2 aliphatic heterocycles. The van der Waals surface area contributed by atoms with Crippen molar-refractivity contribution in [1.82, 2.24) is 9.21 Å². The van der Waals surface area contributed by atoms with E-state index in [2.05, 4.69) is 12.2 Å². The number of anilines is 1. The van der Waals surface area contributed by atoms with E-state index in [-0.39, 0.29) is 19.0 Å². The highest BCUT2D eigenvalue weighted by Gasteiger charge is 2.52. The number of hydrogen-bond acceptors (Lipinski definition) is 6. The molecule has 1 aromatic rings. The lowest BCUT2D eigenvalue weighted by Gasteiger charge is -2.47. The molecule has 2 saturated heterocycles. The fraction of sp³-hybridized carbons (Fsp3) is 0.667. The van der Waals surface area contributed by atoms with Crippen LogP contribution in [0, 0.1) is 0 Å². The standard InChI is InChI=1S/C21H33N3O5S/c1-3-4-14-29-18-8-6-17(7-9-18)22-20(26)16-23-13-11-21(19(25)15-23)10-5-12-24(21)30(2,27)28/h6-9,19,25H,3-5,10-16H2,1-2H3,(H,22,26)/t19-,21-/m0/s1. The van der Waals surface area contributed by atoms with Gasteiger partial charge in [-0.05, 0) is 49.9 Å². The first kappa shape index (κ1) is 23.0. The predicted octanol–water partition coefficient (Wildman–Crippen LogP) is 1.66. The lowest BCUT2D eigenvalue weighted by Crippen LogP contribution is -2.63. The highest BCUT2D eigenvalue weighted by atomic mass is 32.2. The Kier molecular flexibility index (Phi) is 7.38. The molecule has 168 valence electrons. The molecule has 0 aliphatic carbocycles. The average Bonchev–Trinajstić information content (AvgIpc) is 3.12. The van der Waals surface area contributed by atoms with Crippen molar-refractivity contribution in [3.8, 4) is 5.75 Å². The van der Waals surface area contributed by atoms with Crippen LogP contribution in [0.25, 0.3) is 0 Å². The van der Waals surface area contributed by atoms with E-state index in [0.29, 0.717) is 38.2 Å². The summed E-state index contributed by atoms with van der Waals surface area (Å²) in [5, 5.41) is 13.7. The van der Waals surface area contributed by atoms with Crippen LogP contribution in [0.4, 0.5) is 5.69 Å². The molecule has 0 aromatic heterocycles. The first-order valence-electron chi connectivity index (χ1n) is 10.7. The highest BCUT2D eigenvalue weighted by molar-refractivity contribution is 7.88. The first-order valence-corrected chi connectivity index (χ1v) is 12.5. The normalized spacial score (nSPS) is 25.5. The first-order chi connectivity index (χ1) is 14.2. The number of rotatable bonds is 8. The van der Waals surface area contributed by atoms with Crippen LogP contribution in [0.2, 0.25) is 0 Å². The number of benzene rings is 1. The minimum atomic E-state index is -3.37. The lowest BCUT2D eigenvalue weighted by molar-refractivity contribution is -0.119. The molecule has 2 heterocycles. The summed E-state index contributed by atoms with van der Waals surface area (Å²) < 4.78 is 31.4. The van der Waals surface area contributed by atoms with Crippen molar-refractivity contribution < 1.29 is 23.1 Å². The third-order valence-electron chi connectivity index (χ3n) is 6.05. The van der Waals surface area contributed by atoms with Gasteiger partial charge in [-0.2, -0.15) is 4.31 Å². The van der Waals surface area contributed by atoms with Crippen LogP contribution in [0.15, 0.2) is 24.3 Å². The number of aliphatic hydroxyl groups is 1. The van der Waals surface area contributed by atoms with Crippen molar-refractivity contribution in [1.29, 1.82) is 0 Å². The summed E-state index contributed by atoms with van der Waals surface area (Å²) >= 11 is 0. The summed E-state index contributed by atoms with van der Waals surface area (Å²) in [7, 11) is -3.37. The number of ether oxygens (including phenoxy) is 1. The van der Waals surface area contributed by atoms with Crippen LogP contribution < -0.4 is 10.1 Å². The Bertz CT molecular complexity index is 830. The van der Waals surface area contributed by atoms with E-state index in [1.165, 1.54) is 10.6 Å². The predicted molar refractivity (Wildman–Crippen MR) is 116 cm³/mol. The summed E-state index contributed by atoms with van der Waals surface area (Å²) in [6.45, 7) is 4.25. The molecule has 1 amide bonds. The Morgan fingerprint density at radius 1 is 1.27 bits per heavy atom. The van der Waals surface area contributed by atoms with Gasteiger partial charge < -0.3 is 15.2 Å². The number of likely N-dealkylation sites (tertiary alicyclic amines) is 1. The highest BCUT2D eigenvalue weighted by Crippen LogP contribution is 2.40. The Morgan fingerprint density at radius 3 is 2.63 bits per heavy atom. The molecular weight excluding hydrogens is 406 g/mol. The second kappa shape index (κ2) is 9.64. The molecule has 0 saturated carbocycles. The summed E-state index contributed by atoms with van der Waals surface area (Å²) in [6, 6.07) is 7.28. The summed E-state index contributed by atoms with van der Waals surface area (Å²) in [6.07, 6.45) is 4.41. The van der Waals surface area contributed by atoms with Crippen LogP contribution in [-0.2, 0) is 14.8 Å². The van der Waals surface area contributed by atoms with E-state index in [4.69, 9.17) is 4.74 Å². The monoisotopic (exact) mass is 439 g/mol. The maximum Gasteiger partial charge on any atom is 0.238 e. The summed E-state index contributed by atoms with van der Waals surface area (Å²) in [5.41, 5.74) is -0.0373. The van der Waals surface area contributed by atoms with Gasteiger partial charge in [0.25, 0.3) is 0 Å². The number of amides is 1. The number of nitrogens with zero attached hydrogens (tertiary/aromatic N) is 2. The molecular formula is C21H33N3O5S. The zero-order valence-corrected chi connectivity index (χ0v) is 18.7. The number of carbonyl (C=O) groups is 1. The molecule has 9 heteroatoms. The third-order valence-corrected chi connectivity index (χ3v) is 7.40. The van der Waals surface area contributed by atoms with Gasteiger partial charge in [0.15, 0.2) is 0 Å². The molecule has 2 N–H and O–H groups in total. The molecule has 0 bridgehead atoms. The van der Waals surface area contributed by atoms with Gasteiger partial charge in [-0.15, -0.1) is 0 Å². The van der Waals surface area contributed by atoms with Crippen molar-refractivity contribution in [2.45, 2.75) is 50.7 Å². The van der Waals surface area contributed by atoms with Gasteiger partial charge in [-0.3, -0.25) is 9.69 Å². The maximum atomic E-state index is 12.4. The number of nitrogens with one attached hydrogen (secondary N) is 1. The Labute approximate surface area is 179 Å². The van der Waals surface area contributed by atoms with Crippen LogP contribution in [-0.4, -0.2) is 79.3 Å². The molecule has 2 fully saturated rings. The molecule has 30 heavy (non-hydrogen) atoms. The number of piperidine rings is 1. The number of sulfonamides is 1. The van der Waals surface area contributed by atoms with E-state index in [0.717, 1.165) is 25.0 Å². The topological polar surface area (TPSA) is 99.2 Å². The second-order valence-electron chi connectivity index (χ2n) is 8.32. The smallest absolute Gasteiger partial charge is 0.238 e. The van der Waals surface area contributed by atoms with Crippen molar-refractivity contribution in [3.63, 3.8) is 0 Å². The molecule has 2 aliphatic rings. The molecule has 1 aromatic carbocycles. The number of carbonyl (C=O) groups excluding carboxylic acids is 1.